The van der Waals surface area contributed by atoms with Crippen molar-refractivity contribution < 1.29 is 14.3 Å². The number of carbonyl (C=O) groups is 1. The van der Waals surface area contributed by atoms with Crippen LogP contribution >= 0.6 is 11.6 Å². The number of hydrogen-bond donors (Lipinski definition) is 1. The summed E-state index contributed by atoms with van der Waals surface area (Å²) in [7, 11) is 0. The van der Waals surface area contributed by atoms with Gasteiger partial charge in [-0.05, 0) is 12.5 Å². The second-order valence-corrected chi connectivity index (χ2v) is 5.89. The molecule has 0 fully saturated rings. The first-order valence-electron chi connectivity index (χ1n) is 7.92. The molecule has 0 atom stereocenters. The maximum absolute atomic E-state index is 11.4. The number of nitrogens with two attached hydrogens (primary N) is 1. The van der Waals surface area contributed by atoms with Gasteiger partial charge < -0.3 is 15.2 Å². The minimum atomic E-state index is -0.766. The molecule has 2 heterocycles. The molecular formula is C18H15ClN5O3. The van der Waals surface area contributed by atoms with Crippen LogP contribution in [0.2, 0.25) is 5.02 Å². The minimum Gasteiger partial charge on any atom is -0.473 e. The topological polar surface area (TPSA) is 113 Å². The van der Waals surface area contributed by atoms with Gasteiger partial charge in [-0.2, -0.15) is 4.98 Å². The molecule has 1 amide bonds. The zero-order valence-corrected chi connectivity index (χ0v) is 15.1. The summed E-state index contributed by atoms with van der Waals surface area (Å²) in [5.41, 5.74) is 7.66. The van der Waals surface area contributed by atoms with Crippen LogP contribution < -0.4 is 15.2 Å². The molecule has 9 heteroatoms. The molecular weight excluding hydrogens is 370 g/mol. The molecule has 0 bridgehead atoms. The van der Waals surface area contributed by atoms with Gasteiger partial charge in [0, 0.05) is 0 Å². The van der Waals surface area contributed by atoms with Gasteiger partial charge in [0.05, 0.1) is 23.0 Å². The van der Waals surface area contributed by atoms with Gasteiger partial charge in [0.15, 0.2) is 0 Å². The van der Waals surface area contributed by atoms with E-state index in [1.807, 2.05) is 31.2 Å². The molecule has 3 aromatic rings. The molecule has 2 aromatic heterocycles. The van der Waals surface area contributed by atoms with Crippen LogP contribution in [0.15, 0.2) is 36.7 Å². The number of aryl methyl sites for hydroxylation is 1. The first-order valence-corrected chi connectivity index (χ1v) is 8.30. The SMILES string of the molecule is Cc1ccc(-c2[c]nc(C(N)=O)nc2OCCOc2ncc(Cl)cn2)cc1. The molecule has 27 heavy (non-hydrogen) atoms. The smallest absolute Gasteiger partial charge is 0.316 e. The number of amides is 1. The van der Waals surface area contributed by atoms with Crippen LogP contribution in [0.5, 0.6) is 11.9 Å². The van der Waals surface area contributed by atoms with Crippen molar-refractivity contribution in [2.75, 3.05) is 13.2 Å². The van der Waals surface area contributed by atoms with E-state index in [1.54, 1.807) is 0 Å². The van der Waals surface area contributed by atoms with Crippen molar-refractivity contribution >= 4 is 17.5 Å². The van der Waals surface area contributed by atoms with Crippen molar-refractivity contribution in [1.29, 1.82) is 0 Å². The number of carbonyl (C=O) groups excluding carboxylic acids is 1. The Labute approximate surface area is 160 Å². The molecule has 0 saturated heterocycles. The number of nitrogens with zero attached hydrogens (tertiary/aromatic N) is 4. The Balaban J connectivity index is 1.73. The maximum Gasteiger partial charge on any atom is 0.316 e. The van der Waals surface area contributed by atoms with Crippen LogP contribution in [-0.4, -0.2) is 39.1 Å². The molecule has 0 aliphatic rings. The first kappa shape index (κ1) is 18.5. The molecule has 137 valence electrons. The molecule has 3 rings (SSSR count). The van der Waals surface area contributed by atoms with E-state index in [4.69, 9.17) is 26.8 Å². The number of benzene rings is 1. The second kappa shape index (κ2) is 8.41. The summed E-state index contributed by atoms with van der Waals surface area (Å²) in [6, 6.07) is 7.83. The van der Waals surface area contributed by atoms with Crippen molar-refractivity contribution in [1.82, 2.24) is 19.9 Å². The van der Waals surface area contributed by atoms with Gasteiger partial charge in [0.1, 0.15) is 19.4 Å². The molecule has 0 saturated carbocycles. The highest BCUT2D eigenvalue weighted by molar-refractivity contribution is 6.30. The Morgan fingerprint density at radius 2 is 1.81 bits per heavy atom. The Kier molecular flexibility index (Phi) is 5.77. The maximum atomic E-state index is 11.4. The van der Waals surface area contributed by atoms with E-state index >= 15 is 0 Å². The fourth-order valence-electron chi connectivity index (χ4n) is 2.10. The van der Waals surface area contributed by atoms with Crippen LogP contribution in [0.4, 0.5) is 0 Å². The van der Waals surface area contributed by atoms with Gasteiger partial charge in [-0.25, -0.2) is 15.0 Å². The number of halogens is 1. The predicted octanol–water partition coefficient (Wildman–Crippen LogP) is 2.25. The Hall–Kier alpha value is -3.26. The highest BCUT2D eigenvalue weighted by Crippen LogP contribution is 2.27. The van der Waals surface area contributed by atoms with E-state index in [-0.39, 0.29) is 30.9 Å². The average Bonchev–Trinajstić information content (AvgIpc) is 2.67. The van der Waals surface area contributed by atoms with Gasteiger partial charge in [0.25, 0.3) is 5.91 Å². The third kappa shape index (κ3) is 4.89. The first-order chi connectivity index (χ1) is 13.0. The lowest BCUT2D eigenvalue weighted by molar-refractivity contribution is 0.0988. The van der Waals surface area contributed by atoms with E-state index in [1.165, 1.54) is 12.4 Å². The summed E-state index contributed by atoms with van der Waals surface area (Å²) >= 11 is 5.72. The Bertz CT molecular complexity index is 933. The van der Waals surface area contributed by atoms with Crippen molar-refractivity contribution in [2.24, 2.45) is 5.73 Å². The van der Waals surface area contributed by atoms with E-state index in [9.17, 15) is 4.79 Å². The van der Waals surface area contributed by atoms with Crippen molar-refractivity contribution in [3.05, 3.63) is 59.3 Å². The highest BCUT2D eigenvalue weighted by atomic mass is 35.5. The van der Waals surface area contributed by atoms with Crippen LogP contribution in [0.1, 0.15) is 16.2 Å². The summed E-state index contributed by atoms with van der Waals surface area (Å²) in [6.07, 6.45) is 5.63. The van der Waals surface area contributed by atoms with Crippen LogP contribution in [0, 0.1) is 13.1 Å². The highest BCUT2D eigenvalue weighted by Gasteiger charge is 2.14. The lowest BCUT2D eigenvalue weighted by Crippen LogP contribution is -2.17. The molecule has 8 nitrogen and oxygen atoms in total. The third-order valence-electron chi connectivity index (χ3n) is 3.41. The lowest BCUT2D eigenvalue weighted by atomic mass is 10.1. The number of aromatic nitrogens is 4. The molecule has 0 aliphatic heterocycles. The standard InChI is InChI=1S/C18H15ClN5O3/c1-11-2-4-12(5-3-11)14-10-21-16(15(20)25)24-17(14)26-6-7-27-18-22-8-13(19)9-23-18/h2-5,8-9H,6-7H2,1H3,(H2,20,25). The monoisotopic (exact) mass is 384 g/mol. The molecule has 0 aliphatic carbocycles. The fourth-order valence-corrected chi connectivity index (χ4v) is 2.20. The summed E-state index contributed by atoms with van der Waals surface area (Å²) < 4.78 is 11.0. The predicted molar refractivity (Wildman–Crippen MR) is 97.6 cm³/mol. The quantitative estimate of drug-likeness (QED) is 0.621. The average molecular weight is 385 g/mol. The summed E-state index contributed by atoms with van der Waals surface area (Å²) in [5, 5.41) is 0.414. The van der Waals surface area contributed by atoms with Gasteiger partial charge in [-0.15, -0.1) is 0 Å². The summed E-state index contributed by atoms with van der Waals surface area (Å²) in [4.78, 5) is 27.1. The zero-order valence-electron chi connectivity index (χ0n) is 14.3. The fraction of sp³-hybridized carbons (Fsp3) is 0.167. The van der Waals surface area contributed by atoms with Crippen molar-refractivity contribution in [2.45, 2.75) is 6.92 Å². The molecule has 1 radical (unpaired) electrons. The Morgan fingerprint density at radius 1 is 1.15 bits per heavy atom. The van der Waals surface area contributed by atoms with Crippen LogP contribution in [0.3, 0.4) is 0 Å². The van der Waals surface area contributed by atoms with E-state index in [0.717, 1.165) is 11.1 Å². The Morgan fingerprint density at radius 3 is 2.48 bits per heavy atom. The molecule has 0 unspecified atom stereocenters. The second-order valence-electron chi connectivity index (χ2n) is 5.45. The van der Waals surface area contributed by atoms with Crippen LogP contribution in [0.25, 0.3) is 11.1 Å². The molecule has 2 N–H and O–H groups in total. The van der Waals surface area contributed by atoms with Crippen LogP contribution in [-0.2, 0) is 0 Å². The van der Waals surface area contributed by atoms with E-state index in [0.29, 0.717) is 10.6 Å². The number of primary amides is 1. The van der Waals surface area contributed by atoms with E-state index < -0.39 is 5.91 Å². The van der Waals surface area contributed by atoms with Crippen molar-refractivity contribution in [3.8, 4) is 23.0 Å². The largest absolute Gasteiger partial charge is 0.473 e. The normalized spacial score (nSPS) is 10.4. The summed E-state index contributed by atoms with van der Waals surface area (Å²) in [5.74, 6) is -0.761. The zero-order chi connectivity index (χ0) is 19.2. The third-order valence-corrected chi connectivity index (χ3v) is 3.60. The molecule has 0 spiro atoms. The molecule has 1 aromatic carbocycles. The van der Waals surface area contributed by atoms with Gasteiger partial charge >= 0.3 is 6.01 Å². The summed E-state index contributed by atoms with van der Waals surface area (Å²) in [6.45, 7) is 2.27. The lowest BCUT2D eigenvalue weighted by Gasteiger charge is -2.11. The number of rotatable bonds is 7. The number of ether oxygens (including phenoxy) is 2. The number of hydrogen-bond acceptors (Lipinski definition) is 7. The van der Waals surface area contributed by atoms with Gasteiger partial charge in [0.2, 0.25) is 11.7 Å². The van der Waals surface area contributed by atoms with Gasteiger partial charge in [-0.1, -0.05) is 41.4 Å². The van der Waals surface area contributed by atoms with E-state index in [2.05, 4.69) is 26.1 Å². The minimum absolute atomic E-state index is 0.133. The van der Waals surface area contributed by atoms with Crippen molar-refractivity contribution in [3.63, 3.8) is 0 Å². The van der Waals surface area contributed by atoms with Gasteiger partial charge in [-0.3, -0.25) is 4.79 Å².